The van der Waals surface area contributed by atoms with E-state index >= 15 is 0 Å². The molecule has 0 aromatic heterocycles. The molecule has 0 bridgehead atoms. The Morgan fingerprint density at radius 1 is 1.20 bits per heavy atom. The summed E-state index contributed by atoms with van der Waals surface area (Å²) >= 11 is 0. The zero-order chi connectivity index (χ0) is 10.1. The summed E-state index contributed by atoms with van der Waals surface area (Å²) in [6.45, 7) is 6.23. The van der Waals surface area contributed by atoms with Gasteiger partial charge >= 0.3 is 0 Å². The van der Waals surface area contributed by atoms with Gasteiger partial charge in [-0.3, -0.25) is 4.79 Å². The standard InChI is InChI=1S/C11H20N2O.ClH/c1-8-3-4-9(2)13(8)11(14)10-5-6-12-7-10;/h8-10,12H,3-7H2,1-2H3;1H/t8?,9?,10-;/m0./s1. The Labute approximate surface area is 98.0 Å². The van der Waals surface area contributed by atoms with E-state index in [4.69, 9.17) is 0 Å². The SMILES string of the molecule is CC1CCC(C)N1C(=O)[C@H]1CCNC1.Cl. The maximum absolute atomic E-state index is 12.2. The molecule has 0 aromatic carbocycles. The van der Waals surface area contributed by atoms with Crippen LogP contribution in [0.2, 0.25) is 0 Å². The van der Waals surface area contributed by atoms with Gasteiger partial charge in [0.1, 0.15) is 0 Å². The lowest BCUT2D eigenvalue weighted by molar-refractivity contribution is -0.137. The van der Waals surface area contributed by atoms with E-state index in [0.717, 1.165) is 19.5 Å². The second kappa shape index (κ2) is 5.17. The number of hydrogen-bond donors (Lipinski definition) is 1. The molecule has 2 saturated heterocycles. The predicted octanol–water partition coefficient (Wildman–Crippen LogP) is 1.42. The Bertz CT molecular complexity index is 219. The lowest BCUT2D eigenvalue weighted by atomic mass is 10.1. The number of carbonyl (C=O) groups is 1. The molecule has 0 saturated carbocycles. The smallest absolute Gasteiger partial charge is 0.227 e. The van der Waals surface area contributed by atoms with E-state index in [1.807, 2.05) is 0 Å². The molecule has 88 valence electrons. The van der Waals surface area contributed by atoms with Gasteiger partial charge in [0, 0.05) is 18.6 Å². The average molecular weight is 233 g/mol. The van der Waals surface area contributed by atoms with E-state index in [2.05, 4.69) is 24.1 Å². The molecule has 0 aromatic rings. The van der Waals surface area contributed by atoms with Gasteiger partial charge in [0.05, 0.1) is 5.92 Å². The van der Waals surface area contributed by atoms with Crippen LogP contribution in [0.15, 0.2) is 0 Å². The van der Waals surface area contributed by atoms with Crippen molar-refractivity contribution in [3.8, 4) is 0 Å². The van der Waals surface area contributed by atoms with Crippen LogP contribution in [0.5, 0.6) is 0 Å². The molecule has 3 nitrogen and oxygen atoms in total. The third-order valence-electron chi connectivity index (χ3n) is 3.62. The van der Waals surface area contributed by atoms with Gasteiger partial charge in [0.2, 0.25) is 5.91 Å². The molecule has 2 rings (SSSR count). The molecule has 2 aliphatic heterocycles. The molecule has 3 atom stereocenters. The quantitative estimate of drug-likeness (QED) is 0.742. The Morgan fingerprint density at radius 2 is 1.80 bits per heavy atom. The molecule has 2 unspecified atom stereocenters. The molecule has 0 radical (unpaired) electrons. The first-order valence-corrected chi connectivity index (χ1v) is 5.73. The van der Waals surface area contributed by atoms with E-state index in [9.17, 15) is 4.79 Å². The Kier molecular flexibility index (Phi) is 4.41. The zero-order valence-corrected chi connectivity index (χ0v) is 10.3. The zero-order valence-electron chi connectivity index (χ0n) is 9.53. The summed E-state index contributed by atoms with van der Waals surface area (Å²) in [4.78, 5) is 14.3. The molecule has 2 fully saturated rings. The lowest BCUT2D eigenvalue weighted by Crippen LogP contribution is -2.42. The van der Waals surface area contributed by atoms with Crippen LogP contribution in [-0.2, 0) is 4.79 Å². The topological polar surface area (TPSA) is 32.3 Å². The normalized spacial score (nSPS) is 35.3. The van der Waals surface area contributed by atoms with E-state index in [0.29, 0.717) is 18.0 Å². The first kappa shape index (κ1) is 12.8. The van der Waals surface area contributed by atoms with Gasteiger partial charge in [0.15, 0.2) is 0 Å². The van der Waals surface area contributed by atoms with Crippen molar-refractivity contribution in [3.63, 3.8) is 0 Å². The minimum Gasteiger partial charge on any atom is -0.337 e. The highest BCUT2D eigenvalue weighted by Crippen LogP contribution is 2.26. The van der Waals surface area contributed by atoms with Crippen molar-refractivity contribution in [2.24, 2.45) is 5.92 Å². The Morgan fingerprint density at radius 3 is 2.27 bits per heavy atom. The third kappa shape index (κ3) is 2.45. The van der Waals surface area contributed by atoms with Crippen LogP contribution >= 0.6 is 12.4 Å². The maximum atomic E-state index is 12.2. The van der Waals surface area contributed by atoms with Crippen LogP contribution in [0.3, 0.4) is 0 Å². The summed E-state index contributed by atoms with van der Waals surface area (Å²) in [5.41, 5.74) is 0. The molecule has 1 amide bonds. The van der Waals surface area contributed by atoms with Gasteiger partial charge in [-0.1, -0.05) is 0 Å². The van der Waals surface area contributed by atoms with E-state index in [-0.39, 0.29) is 18.3 Å². The number of hydrogen-bond acceptors (Lipinski definition) is 2. The van der Waals surface area contributed by atoms with Crippen LogP contribution in [0.1, 0.15) is 33.1 Å². The molecule has 0 spiro atoms. The van der Waals surface area contributed by atoms with Crippen LogP contribution in [-0.4, -0.2) is 36.0 Å². The Balaban J connectivity index is 0.00000112. The molecule has 1 N–H and O–H groups in total. The molecular weight excluding hydrogens is 212 g/mol. The van der Waals surface area contributed by atoms with Crippen LogP contribution < -0.4 is 5.32 Å². The lowest BCUT2D eigenvalue weighted by Gasteiger charge is -2.28. The number of nitrogens with zero attached hydrogens (tertiary/aromatic N) is 1. The highest BCUT2D eigenvalue weighted by Gasteiger charge is 2.35. The van der Waals surface area contributed by atoms with Crippen molar-refractivity contribution in [1.29, 1.82) is 0 Å². The largest absolute Gasteiger partial charge is 0.337 e. The van der Waals surface area contributed by atoms with Crippen molar-refractivity contribution in [2.45, 2.75) is 45.2 Å². The van der Waals surface area contributed by atoms with Gasteiger partial charge in [-0.15, -0.1) is 12.4 Å². The molecule has 4 heteroatoms. The summed E-state index contributed by atoms with van der Waals surface area (Å²) in [6.07, 6.45) is 3.37. The molecular formula is C11H21ClN2O. The number of carbonyl (C=O) groups excluding carboxylic acids is 1. The minimum atomic E-state index is 0. The minimum absolute atomic E-state index is 0. The summed E-state index contributed by atoms with van der Waals surface area (Å²) in [5, 5.41) is 3.26. The average Bonchev–Trinajstić information content (AvgIpc) is 2.75. The second-order valence-electron chi connectivity index (χ2n) is 4.71. The van der Waals surface area contributed by atoms with Crippen LogP contribution in [0.25, 0.3) is 0 Å². The molecule has 0 aliphatic carbocycles. The molecule has 2 heterocycles. The monoisotopic (exact) mass is 232 g/mol. The second-order valence-corrected chi connectivity index (χ2v) is 4.71. The summed E-state index contributed by atoms with van der Waals surface area (Å²) in [6, 6.07) is 0.913. The fourth-order valence-corrected chi connectivity index (χ4v) is 2.71. The van der Waals surface area contributed by atoms with Gasteiger partial charge in [-0.25, -0.2) is 0 Å². The number of nitrogens with one attached hydrogen (secondary N) is 1. The number of rotatable bonds is 1. The van der Waals surface area contributed by atoms with Gasteiger partial charge in [0.25, 0.3) is 0 Å². The third-order valence-corrected chi connectivity index (χ3v) is 3.62. The van der Waals surface area contributed by atoms with Crippen molar-refractivity contribution < 1.29 is 4.79 Å². The van der Waals surface area contributed by atoms with Crippen molar-refractivity contribution >= 4 is 18.3 Å². The maximum Gasteiger partial charge on any atom is 0.227 e. The highest BCUT2D eigenvalue weighted by molar-refractivity contribution is 5.85. The highest BCUT2D eigenvalue weighted by atomic mass is 35.5. The fraction of sp³-hybridized carbons (Fsp3) is 0.909. The number of amides is 1. The van der Waals surface area contributed by atoms with Gasteiger partial charge in [-0.05, 0) is 39.7 Å². The summed E-state index contributed by atoms with van der Waals surface area (Å²) in [7, 11) is 0. The Hall–Kier alpha value is -0.280. The van der Waals surface area contributed by atoms with Crippen molar-refractivity contribution in [2.75, 3.05) is 13.1 Å². The van der Waals surface area contributed by atoms with Crippen LogP contribution in [0, 0.1) is 5.92 Å². The first-order valence-electron chi connectivity index (χ1n) is 5.73. The number of likely N-dealkylation sites (tertiary alicyclic amines) is 1. The first-order chi connectivity index (χ1) is 6.70. The molecule has 2 aliphatic rings. The fourth-order valence-electron chi connectivity index (χ4n) is 2.71. The van der Waals surface area contributed by atoms with Gasteiger partial charge in [-0.2, -0.15) is 0 Å². The summed E-state index contributed by atoms with van der Waals surface area (Å²) < 4.78 is 0. The van der Waals surface area contributed by atoms with E-state index in [1.165, 1.54) is 12.8 Å². The van der Waals surface area contributed by atoms with Crippen LogP contribution in [0.4, 0.5) is 0 Å². The van der Waals surface area contributed by atoms with Crippen molar-refractivity contribution in [3.05, 3.63) is 0 Å². The predicted molar refractivity (Wildman–Crippen MR) is 63.2 cm³/mol. The van der Waals surface area contributed by atoms with Crippen molar-refractivity contribution in [1.82, 2.24) is 10.2 Å². The molecule has 15 heavy (non-hydrogen) atoms. The van der Waals surface area contributed by atoms with E-state index < -0.39 is 0 Å². The van der Waals surface area contributed by atoms with E-state index in [1.54, 1.807) is 0 Å². The summed E-state index contributed by atoms with van der Waals surface area (Å²) in [5.74, 6) is 0.630. The number of halogens is 1. The van der Waals surface area contributed by atoms with Gasteiger partial charge < -0.3 is 10.2 Å².